The molecule has 0 spiro atoms. The fourth-order valence-electron chi connectivity index (χ4n) is 2.39. The molecule has 2 rings (SSSR count). The molecule has 2 aromatic rings. The topological polar surface area (TPSA) is 29.3 Å². The molecule has 2 heterocycles. The number of halogens is 1. The Morgan fingerprint density at radius 2 is 2.11 bits per heavy atom. The highest BCUT2D eigenvalue weighted by molar-refractivity contribution is 6.18. The summed E-state index contributed by atoms with van der Waals surface area (Å²) in [6, 6.07) is 4.34. The quantitative estimate of drug-likeness (QED) is 0.739. The minimum absolute atomic E-state index is 0.469. The number of nitrogens with zero attached hydrogens (tertiary/aromatic N) is 2. The van der Waals surface area contributed by atoms with Crippen molar-refractivity contribution in [3.8, 4) is 0 Å². The van der Waals surface area contributed by atoms with E-state index in [9.17, 15) is 0 Å². The van der Waals surface area contributed by atoms with Gasteiger partial charge in [0.25, 0.3) is 0 Å². The lowest BCUT2D eigenvalue weighted by Crippen LogP contribution is -2.36. The van der Waals surface area contributed by atoms with Crippen molar-refractivity contribution in [2.45, 2.75) is 32.7 Å². The van der Waals surface area contributed by atoms with E-state index in [1.807, 2.05) is 12.1 Å². The van der Waals surface area contributed by atoms with E-state index in [1.54, 1.807) is 12.5 Å². The first kappa shape index (κ1) is 13.2. The van der Waals surface area contributed by atoms with Crippen LogP contribution >= 0.6 is 11.6 Å². The number of hydrogen-bond donors (Lipinski definition) is 0. The molecule has 0 amide bonds. The molecule has 0 aliphatic heterocycles. The van der Waals surface area contributed by atoms with Crippen LogP contribution in [0.25, 0.3) is 11.0 Å². The Bertz CT molecular complexity index is 493. The predicted molar refractivity (Wildman–Crippen MR) is 76.4 cm³/mol. The SMILES string of the molecule is CCC(CC)N(CCCl)c1nccc2occc12. The van der Waals surface area contributed by atoms with Crippen molar-refractivity contribution >= 4 is 28.4 Å². The van der Waals surface area contributed by atoms with Gasteiger partial charge in [-0.1, -0.05) is 13.8 Å². The first-order valence-corrected chi connectivity index (χ1v) is 7.00. The van der Waals surface area contributed by atoms with Crippen molar-refractivity contribution in [3.63, 3.8) is 0 Å². The third kappa shape index (κ3) is 2.46. The van der Waals surface area contributed by atoms with Crippen molar-refractivity contribution in [2.24, 2.45) is 0 Å². The number of fused-ring (bicyclic) bond motifs is 1. The minimum atomic E-state index is 0.469. The van der Waals surface area contributed by atoms with Crippen molar-refractivity contribution in [1.82, 2.24) is 4.98 Å². The maximum Gasteiger partial charge on any atom is 0.139 e. The van der Waals surface area contributed by atoms with Gasteiger partial charge in [0.15, 0.2) is 0 Å². The van der Waals surface area contributed by atoms with Crippen LogP contribution in [0, 0.1) is 0 Å². The number of pyridine rings is 1. The van der Waals surface area contributed by atoms with Gasteiger partial charge in [0.1, 0.15) is 11.4 Å². The third-order valence-corrected chi connectivity index (χ3v) is 3.51. The summed E-state index contributed by atoms with van der Waals surface area (Å²) in [6.07, 6.45) is 5.68. The molecule has 18 heavy (non-hydrogen) atoms. The Kier molecular flexibility index (Phi) is 4.48. The van der Waals surface area contributed by atoms with Crippen LogP contribution in [0.2, 0.25) is 0 Å². The Labute approximate surface area is 113 Å². The zero-order chi connectivity index (χ0) is 13.0. The Morgan fingerprint density at radius 3 is 2.78 bits per heavy atom. The lowest BCUT2D eigenvalue weighted by molar-refractivity contribution is 0.564. The lowest BCUT2D eigenvalue weighted by Gasteiger charge is -2.31. The van der Waals surface area contributed by atoms with Crippen LogP contribution in [0.4, 0.5) is 5.82 Å². The molecule has 4 heteroatoms. The van der Waals surface area contributed by atoms with E-state index >= 15 is 0 Å². The van der Waals surface area contributed by atoms with Gasteiger partial charge in [-0.15, -0.1) is 11.6 Å². The van der Waals surface area contributed by atoms with E-state index in [0.29, 0.717) is 11.9 Å². The second-order valence-corrected chi connectivity index (χ2v) is 4.70. The number of furan rings is 1. The van der Waals surface area contributed by atoms with Crippen LogP contribution in [0.5, 0.6) is 0 Å². The van der Waals surface area contributed by atoms with Crippen molar-refractivity contribution in [3.05, 3.63) is 24.6 Å². The summed E-state index contributed by atoms with van der Waals surface area (Å²) in [5.74, 6) is 1.59. The highest BCUT2D eigenvalue weighted by Gasteiger charge is 2.19. The minimum Gasteiger partial charge on any atom is -0.464 e. The van der Waals surface area contributed by atoms with Gasteiger partial charge in [0.05, 0.1) is 11.6 Å². The smallest absolute Gasteiger partial charge is 0.139 e. The van der Waals surface area contributed by atoms with Crippen LogP contribution < -0.4 is 4.90 Å². The average molecular weight is 267 g/mol. The molecule has 98 valence electrons. The van der Waals surface area contributed by atoms with Crippen molar-refractivity contribution in [1.29, 1.82) is 0 Å². The molecule has 3 nitrogen and oxygen atoms in total. The predicted octanol–water partition coefficient (Wildman–Crippen LogP) is 4.06. The number of rotatable bonds is 6. The number of hydrogen-bond acceptors (Lipinski definition) is 3. The largest absolute Gasteiger partial charge is 0.464 e. The molecule has 0 atom stereocenters. The molecule has 0 saturated carbocycles. The number of alkyl halides is 1. The van der Waals surface area contributed by atoms with E-state index in [0.717, 1.165) is 36.2 Å². The van der Waals surface area contributed by atoms with Crippen LogP contribution in [0.1, 0.15) is 26.7 Å². The monoisotopic (exact) mass is 266 g/mol. The van der Waals surface area contributed by atoms with Gasteiger partial charge in [-0.05, 0) is 25.0 Å². The molecule has 0 radical (unpaired) electrons. The molecule has 0 N–H and O–H groups in total. The fraction of sp³-hybridized carbons (Fsp3) is 0.500. The van der Waals surface area contributed by atoms with E-state index in [-0.39, 0.29) is 0 Å². The van der Waals surface area contributed by atoms with Crippen molar-refractivity contribution < 1.29 is 4.42 Å². The Hall–Kier alpha value is -1.22. The van der Waals surface area contributed by atoms with E-state index in [1.165, 1.54) is 0 Å². The normalized spacial score (nSPS) is 11.3. The van der Waals surface area contributed by atoms with Gasteiger partial charge in [-0.25, -0.2) is 4.98 Å². The average Bonchev–Trinajstić information content (AvgIpc) is 2.87. The maximum absolute atomic E-state index is 5.94. The molecular formula is C14H19ClN2O. The lowest BCUT2D eigenvalue weighted by atomic mass is 10.1. The van der Waals surface area contributed by atoms with E-state index < -0.39 is 0 Å². The van der Waals surface area contributed by atoms with Gasteiger partial charge in [-0.3, -0.25) is 0 Å². The summed E-state index contributed by atoms with van der Waals surface area (Å²) in [4.78, 5) is 6.82. The Morgan fingerprint density at radius 1 is 1.33 bits per heavy atom. The molecule has 0 bridgehead atoms. The third-order valence-electron chi connectivity index (χ3n) is 3.34. The first-order valence-electron chi connectivity index (χ1n) is 6.46. The maximum atomic E-state index is 5.94. The molecule has 0 saturated heterocycles. The molecule has 0 aliphatic rings. The first-order chi connectivity index (χ1) is 8.81. The van der Waals surface area contributed by atoms with Gasteiger partial charge in [0.2, 0.25) is 0 Å². The molecule has 0 unspecified atom stereocenters. The van der Waals surface area contributed by atoms with Crippen LogP contribution in [0.3, 0.4) is 0 Å². The Balaban J connectivity index is 2.43. The highest BCUT2D eigenvalue weighted by Crippen LogP contribution is 2.28. The zero-order valence-electron chi connectivity index (χ0n) is 10.9. The number of aromatic nitrogens is 1. The molecule has 2 aromatic heterocycles. The molecule has 0 aromatic carbocycles. The van der Waals surface area contributed by atoms with E-state index in [2.05, 4.69) is 23.7 Å². The molecular weight excluding hydrogens is 248 g/mol. The number of anilines is 1. The second-order valence-electron chi connectivity index (χ2n) is 4.32. The summed E-state index contributed by atoms with van der Waals surface area (Å²) in [7, 11) is 0. The van der Waals surface area contributed by atoms with Gasteiger partial charge >= 0.3 is 0 Å². The van der Waals surface area contributed by atoms with Gasteiger partial charge in [0, 0.05) is 24.7 Å². The summed E-state index contributed by atoms with van der Waals surface area (Å²) in [5, 5.41) is 1.06. The van der Waals surface area contributed by atoms with Gasteiger partial charge in [-0.2, -0.15) is 0 Å². The molecule has 0 aliphatic carbocycles. The van der Waals surface area contributed by atoms with Crippen LogP contribution in [0.15, 0.2) is 29.0 Å². The van der Waals surface area contributed by atoms with Crippen LogP contribution in [-0.4, -0.2) is 23.5 Å². The van der Waals surface area contributed by atoms with Crippen LogP contribution in [-0.2, 0) is 0 Å². The highest BCUT2D eigenvalue weighted by atomic mass is 35.5. The summed E-state index contributed by atoms with van der Waals surface area (Å²) in [6.45, 7) is 5.21. The standard InChI is InChI=1S/C14H19ClN2O/c1-3-11(4-2)17(9-7-15)14-12-6-10-18-13(12)5-8-16-14/h5-6,8,10-11H,3-4,7,9H2,1-2H3. The second kappa shape index (κ2) is 6.10. The van der Waals surface area contributed by atoms with Crippen molar-refractivity contribution in [2.75, 3.05) is 17.3 Å². The summed E-state index contributed by atoms with van der Waals surface area (Å²) >= 11 is 5.94. The summed E-state index contributed by atoms with van der Waals surface area (Å²) < 4.78 is 5.43. The van der Waals surface area contributed by atoms with E-state index in [4.69, 9.17) is 16.0 Å². The fourth-order valence-corrected chi connectivity index (χ4v) is 2.57. The van der Waals surface area contributed by atoms with Gasteiger partial charge < -0.3 is 9.32 Å². The molecule has 0 fully saturated rings. The zero-order valence-corrected chi connectivity index (χ0v) is 11.7. The summed E-state index contributed by atoms with van der Waals surface area (Å²) in [5.41, 5.74) is 0.880.